The Kier molecular flexibility index (Phi) is 8.98. The van der Waals surface area contributed by atoms with Crippen LogP contribution in [0.1, 0.15) is 44.0 Å². The highest BCUT2D eigenvalue weighted by atomic mass is 19.1. The van der Waals surface area contributed by atoms with Gasteiger partial charge in [0.15, 0.2) is 11.6 Å². The molecule has 0 saturated carbocycles. The summed E-state index contributed by atoms with van der Waals surface area (Å²) in [5.41, 5.74) is 1.31. The molecule has 1 fully saturated rings. The Balaban J connectivity index is 1.52. The van der Waals surface area contributed by atoms with Crippen LogP contribution in [-0.4, -0.2) is 39.2 Å². The Labute approximate surface area is 255 Å². The SMILES string of the molecule is C\C(F)=C(Oc1ccc(F)c(-c2ncc(C3(c4cccc(CCC(=O)O)c4)OCC(C)(C)CO3)[nH]2)c1)/C(F)=c1/cc[nH]/c1=C\F. The first-order valence-electron chi connectivity index (χ1n) is 14.1. The van der Waals surface area contributed by atoms with Gasteiger partial charge in [0.1, 0.15) is 35.2 Å². The third-order valence-electron chi connectivity index (χ3n) is 7.25. The molecule has 0 amide bonds. The van der Waals surface area contributed by atoms with Crippen LogP contribution >= 0.6 is 0 Å². The number of rotatable bonds is 9. The van der Waals surface area contributed by atoms with E-state index >= 15 is 8.78 Å². The van der Waals surface area contributed by atoms with Crippen LogP contribution in [-0.2, 0) is 26.5 Å². The monoisotopic (exact) mass is 625 g/mol. The summed E-state index contributed by atoms with van der Waals surface area (Å²) in [6.45, 7) is 5.55. The van der Waals surface area contributed by atoms with E-state index in [1.165, 1.54) is 30.6 Å². The average molecular weight is 626 g/mol. The second-order valence-electron chi connectivity index (χ2n) is 11.4. The van der Waals surface area contributed by atoms with Crippen LogP contribution in [0.4, 0.5) is 17.6 Å². The predicted molar refractivity (Wildman–Crippen MR) is 157 cm³/mol. The molecular formula is C33H31F4N3O5. The summed E-state index contributed by atoms with van der Waals surface area (Å²) in [6.07, 6.45) is 3.11. The van der Waals surface area contributed by atoms with Crippen LogP contribution in [0.2, 0.25) is 0 Å². The van der Waals surface area contributed by atoms with Gasteiger partial charge < -0.3 is 29.3 Å². The minimum atomic E-state index is -1.47. The van der Waals surface area contributed by atoms with E-state index in [0.717, 1.165) is 18.6 Å². The molecule has 4 aromatic rings. The first kappa shape index (κ1) is 31.7. The number of aromatic nitrogens is 3. The van der Waals surface area contributed by atoms with Gasteiger partial charge in [0, 0.05) is 28.8 Å². The molecule has 0 bridgehead atoms. The van der Waals surface area contributed by atoms with E-state index in [4.69, 9.17) is 19.3 Å². The zero-order valence-electron chi connectivity index (χ0n) is 24.7. The molecule has 1 aliphatic rings. The van der Waals surface area contributed by atoms with E-state index < -0.39 is 35.0 Å². The second kappa shape index (κ2) is 12.7. The number of allylic oxidation sites excluding steroid dienone is 2. The zero-order chi connectivity index (χ0) is 32.4. The van der Waals surface area contributed by atoms with Gasteiger partial charge in [-0.1, -0.05) is 32.0 Å². The summed E-state index contributed by atoms with van der Waals surface area (Å²) in [5.74, 6) is -6.13. The van der Waals surface area contributed by atoms with Crippen molar-refractivity contribution in [2.75, 3.05) is 13.2 Å². The van der Waals surface area contributed by atoms with Crippen molar-refractivity contribution in [2.45, 2.75) is 39.4 Å². The van der Waals surface area contributed by atoms with Crippen molar-refractivity contribution in [2.24, 2.45) is 5.41 Å². The first-order valence-corrected chi connectivity index (χ1v) is 14.1. The van der Waals surface area contributed by atoms with Gasteiger partial charge in [0.2, 0.25) is 5.79 Å². The minimum Gasteiger partial charge on any atom is -0.481 e. The van der Waals surface area contributed by atoms with Crippen molar-refractivity contribution >= 4 is 18.1 Å². The summed E-state index contributed by atoms with van der Waals surface area (Å²) < 4.78 is 76.2. The fraction of sp³-hybridized carbons (Fsp3) is 0.273. The van der Waals surface area contributed by atoms with E-state index in [9.17, 15) is 13.6 Å². The van der Waals surface area contributed by atoms with E-state index in [-0.39, 0.29) is 45.9 Å². The van der Waals surface area contributed by atoms with Crippen molar-refractivity contribution in [1.29, 1.82) is 0 Å². The summed E-state index contributed by atoms with van der Waals surface area (Å²) in [5, 5.41) is 8.67. The number of carbonyl (C=O) groups is 1. The van der Waals surface area contributed by atoms with Gasteiger partial charge in [-0.25, -0.2) is 22.5 Å². The van der Waals surface area contributed by atoms with Gasteiger partial charge in [0.25, 0.3) is 0 Å². The maximum absolute atomic E-state index is 15.2. The third kappa shape index (κ3) is 6.71. The molecule has 1 aliphatic heterocycles. The topological polar surface area (TPSA) is 109 Å². The molecule has 1 saturated heterocycles. The van der Waals surface area contributed by atoms with Crippen LogP contribution in [0, 0.1) is 11.2 Å². The van der Waals surface area contributed by atoms with Crippen LogP contribution in [0.5, 0.6) is 5.75 Å². The van der Waals surface area contributed by atoms with Crippen LogP contribution in [0.3, 0.4) is 0 Å². The van der Waals surface area contributed by atoms with Gasteiger partial charge >= 0.3 is 5.97 Å². The number of ether oxygens (including phenoxy) is 3. The van der Waals surface area contributed by atoms with Crippen molar-refractivity contribution < 1.29 is 41.7 Å². The van der Waals surface area contributed by atoms with E-state index in [1.807, 2.05) is 13.8 Å². The fourth-order valence-electron chi connectivity index (χ4n) is 4.88. The lowest BCUT2D eigenvalue weighted by molar-refractivity contribution is -0.286. The Morgan fingerprint density at radius 3 is 2.58 bits per heavy atom. The number of benzene rings is 2. The molecule has 0 spiro atoms. The van der Waals surface area contributed by atoms with Crippen molar-refractivity contribution in [1.82, 2.24) is 15.0 Å². The summed E-state index contributed by atoms with van der Waals surface area (Å²) in [4.78, 5) is 21.1. The first-order chi connectivity index (χ1) is 21.4. The number of halogens is 4. The van der Waals surface area contributed by atoms with Crippen molar-refractivity contribution in [3.8, 4) is 17.1 Å². The van der Waals surface area contributed by atoms with Gasteiger partial charge in [0.05, 0.1) is 30.3 Å². The number of carboxylic acids is 1. The number of hydrogen-bond acceptors (Lipinski definition) is 5. The van der Waals surface area contributed by atoms with Crippen molar-refractivity contribution in [3.05, 3.63) is 106 Å². The number of carboxylic acid groups (broad SMARTS) is 1. The lowest BCUT2D eigenvalue weighted by Gasteiger charge is -2.43. The molecule has 0 unspecified atom stereocenters. The third-order valence-corrected chi connectivity index (χ3v) is 7.25. The van der Waals surface area contributed by atoms with E-state index in [1.54, 1.807) is 24.3 Å². The maximum atomic E-state index is 15.2. The highest BCUT2D eigenvalue weighted by Crippen LogP contribution is 2.42. The molecule has 8 nitrogen and oxygen atoms in total. The smallest absolute Gasteiger partial charge is 0.303 e. The molecule has 45 heavy (non-hydrogen) atoms. The maximum Gasteiger partial charge on any atom is 0.303 e. The highest BCUT2D eigenvalue weighted by Gasteiger charge is 2.45. The van der Waals surface area contributed by atoms with Crippen LogP contribution < -0.4 is 15.3 Å². The standard InChI is InChI=1S/C33H31F4N3O5/c1-19(35)30(29(37)23-11-12-38-26(23)15-34)45-22-8-9-25(36)24(14-22)31-39-16-27(40-31)33(43-17-32(2,3)18-44-33)21-6-4-5-20(13-21)7-10-28(41)42/h4-6,8-9,11-16,38H,7,10,17-18H2,1-3H3,(H,39,40)(H,41,42)/b26-15-,29-23+,30-19-. The number of nitrogens with one attached hydrogen (secondary N) is 2. The number of nitrogens with zero attached hydrogens (tertiary/aromatic N) is 1. The Hall–Kier alpha value is -4.68. The van der Waals surface area contributed by atoms with Crippen LogP contribution in [0.25, 0.3) is 23.5 Å². The van der Waals surface area contributed by atoms with Crippen molar-refractivity contribution in [3.63, 3.8) is 0 Å². The molecule has 0 atom stereocenters. The van der Waals surface area contributed by atoms with Crippen LogP contribution in [0.15, 0.2) is 72.5 Å². The molecular weight excluding hydrogens is 594 g/mol. The number of aryl methyl sites for hydroxylation is 1. The lowest BCUT2D eigenvalue weighted by atomic mass is 9.91. The van der Waals surface area contributed by atoms with Gasteiger partial charge in [-0.05, 0) is 49.2 Å². The number of aliphatic carboxylic acids is 1. The number of hydrogen-bond donors (Lipinski definition) is 3. The van der Waals surface area contributed by atoms with E-state index in [0.29, 0.717) is 30.9 Å². The number of aromatic amines is 2. The van der Waals surface area contributed by atoms with Gasteiger partial charge in [-0.2, -0.15) is 0 Å². The Bertz CT molecular complexity index is 1860. The number of imidazole rings is 1. The fourth-order valence-corrected chi connectivity index (χ4v) is 4.88. The van der Waals surface area contributed by atoms with Gasteiger partial charge in [-0.15, -0.1) is 0 Å². The lowest BCUT2D eigenvalue weighted by Crippen LogP contribution is -2.46. The quantitative estimate of drug-likeness (QED) is 0.158. The highest BCUT2D eigenvalue weighted by molar-refractivity contribution is 5.67. The number of H-pyrrole nitrogens is 2. The largest absolute Gasteiger partial charge is 0.481 e. The second-order valence-corrected chi connectivity index (χ2v) is 11.4. The summed E-state index contributed by atoms with van der Waals surface area (Å²) in [6, 6.07) is 11.9. The van der Waals surface area contributed by atoms with Gasteiger partial charge in [-0.3, -0.25) is 4.79 Å². The molecule has 236 valence electrons. The Morgan fingerprint density at radius 1 is 1.13 bits per heavy atom. The molecule has 2 aromatic heterocycles. The molecule has 0 aliphatic carbocycles. The zero-order valence-corrected chi connectivity index (χ0v) is 24.7. The average Bonchev–Trinajstić information content (AvgIpc) is 3.70. The molecule has 3 N–H and O–H groups in total. The summed E-state index contributed by atoms with van der Waals surface area (Å²) >= 11 is 0. The minimum absolute atomic E-state index is 0.0540. The summed E-state index contributed by atoms with van der Waals surface area (Å²) in [7, 11) is 0. The molecule has 12 heteroatoms. The Morgan fingerprint density at radius 2 is 1.89 bits per heavy atom. The normalized spacial score (nSPS) is 17.5. The molecule has 2 aromatic carbocycles. The molecule has 5 rings (SSSR count). The van der Waals surface area contributed by atoms with E-state index in [2.05, 4.69) is 15.0 Å². The molecule has 0 radical (unpaired) electrons. The predicted octanol–water partition coefficient (Wildman–Crippen LogP) is 5.90. The molecule has 3 heterocycles.